The predicted octanol–water partition coefficient (Wildman–Crippen LogP) is 4.20. The van der Waals surface area contributed by atoms with E-state index in [0.29, 0.717) is 22.5 Å². The molecule has 1 heterocycles. The van der Waals surface area contributed by atoms with Gasteiger partial charge in [-0.1, -0.05) is 42.5 Å². The first-order valence-corrected chi connectivity index (χ1v) is 9.45. The summed E-state index contributed by atoms with van der Waals surface area (Å²) in [6.07, 6.45) is 1.73. The first-order valence-electron chi connectivity index (χ1n) is 9.45. The molecular weight excluding hydrogens is 376 g/mol. The molecule has 0 saturated heterocycles. The Morgan fingerprint density at radius 1 is 0.900 bits per heavy atom. The summed E-state index contributed by atoms with van der Waals surface area (Å²) in [5, 5.41) is 7.58. The Kier molecular flexibility index (Phi) is 5.13. The molecule has 1 aromatic heterocycles. The molecular formula is C24H20N4O2. The topological polar surface area (TPSA) is 90.0 Å². The molecule has 3 aromatic carbocycles. The average molecular weight is 396 g/mol. The highest BCUT2D eigenvalue weighted by molar-refractivity contribution is 6.08. The number of primary amides is 1. The summed E-state index contributed by atoms with van der Waals surface area (Å²) in [6.45, 7) is 1.99. The second-order valence-corrected chi connectivity index (χ2v) is 6.88. The number of carbonyl (C=O) groups is 2. The van der Waals surface area contributed by atoms with Crippen LogP contribution in [0.5, 0.6) is 0 Å². The zero-order chi connectivity index (χ0) is 21.1. The molecule has 0 aliphatic rings. The fraction of sp³-hybridized carbons (Fsp3) is 0.0417. The summed E-state index contributed by atoms with van der Waals surface area (Å²) in [5.41, 5.74) is 10.0. The van der Waals surface area contributed by atoms with Crippen molar-refractivity contribution in [1.29, 1.82) is 0 Å². The van der Waals surface area contributed by atoms with E-state index < -0.39 is 5.91 Å². The number of benzene rings is 3. The van der Waals surface area contributed by atoms with Crippen LogP contribution in [0.4, 0.5) is 5.69 Å². The van der Waals surface area contributed by atoms with E-state index in [0.717, 1.165) is 16.8 Å². The maximum Gasteiger partial charge on any atom is 0.259 e. The Morgan fingerprint density at radius 3 is 2.23 bits per heavy atom. The van der Waals surface area contributed by atoms with Crippen LogP contribution >= 0.6 is 0 Å². The van der Waals surface area contributed by atoms with E-state index in [-0.39, 0.29) is 5.91 Å². The zero-order valence-electron chi connectivity index (χ0n) is 16.4. The van der Waals surface area contributed by atoms with Crippen molar-refractivity contribution in [2.75, 3.05) is 5.32 Å². The number of amides is 2. The second kappa shape index (κ2) is 8.05. The number of anilines is 1. The molecule has 0 fully saturated rings. The summed E-state index contributed by atoms with van der Waals surface area (Å²) >= 11 is 0. The van der Waals surface area contributed by atoms with Crippen LogP contribution in [0.2, 0.25) is 0 Å². The number of nitrogens with one attached hydrogen (secondary N) is 1. The number of aromatic nitrogens is 2. The zero-order valence-corrected chi connectivity index (χ0v) is 16.4. The van der Waals surface area contributed by atoms with E-state index in [2.05, 4.69) is 5.32 Å². The van der Waals surface area contributed by atoms with E-state index in [1.165, 1.54) is 0 Å². The normalized spacial score (nSPS) is 10.6. The molecule has 0 bridgehead atoms. The second-order valence-electron chi connectivity index (χ2n) is 6.88. The molecule has 0 spiro atoms. The van der Waals surface area contributed by atoms with Crippen molar-refractivity contribution < 1.29 is 9.59 Å². The van der Waals surface area contributed by atoms with Gasteiger partial charge in [-0.25, -0.2) is 4.68 Å². The fourth-order valence-electron chi connectivity index (χ4n) is 3.21. The number of aryl methyl sites for hydroxylation is 1. The van der Waals surface area contributed by atoms with Crippen LogP contribution in [0.25, 0.3) is 16.9 Å². The maximum absolute atomic E-state index is 13.1. The van der Waals surface area contributed by atoms with Crippen LogP contribution in [0.15, 0.2) is 85.1 Å². The summed E-state index contributed by atoms with van der Waals surface area (Å²) in [6, 6.07) is 23.9. The predicted molar refractivity (Wildman–Crippen MR) is 117 cm³/mol. The smallest absolute Gasteiger partial charge is 0.259 e. The van der Waals surface area contributed by atoms with Crippen LogP contribution < -0.4 is 11.1 Å². The molecule has 0 atom stereocenters. The lowest BCUT2D eigenvalue weighted by atomic mass is 10.0. The number of nitrogens with zero attached hydrogens (tertiary/aromatic N) is 2. The lowest BCUT2D eigenvalue weighted by Crippen LogP contribution is -2.13. The lowest BCUT2D eigenvalue weighted by molar-refractivity contribution is 0.0998. The molecule has 0 radical (unpaired) electrons. The highest BCUT2D eigenvalue weighted by Crippen LogP contribution is 2.27. The Morgan fingerprint density at radius 2 is 1.57 bits per heavy atom. The van der Waals surface area contributed by atoms with Gasteiger partial charge in [0.05, 0.1) is 11.3 Å². The van der Waals surface area contributed by atoms with Crippen molar-refractivity contribution in [3.8, 4) is 16.9 Å². The number of rotatable bonds is 5. The van der Waals surface area contributed by atoms with Crippen molar-refractivity contribution >= 4 is 17.5 Å². The van der Waals surface area contributed by atoms with E-state index >= 15 is 0 Å². The standard InChI is InChI=1S/C24H20N4O2/c1-16-7-5-6-10-20(16)22-21(15-28(27-22)19-8-3-2-4-9-19)24(30)26-18-13-11-17(12-14-18)23(25)29/h2-15H,1H3,(H2,25,29)(H,26,30). The molecule has 0 aliphatic carbocycles. The van der Waals surface area contributed by atoms with E-state index in [1.807, 2.05) is 61.5 Å². The average Bonchev–Trinajstić information content (AvgIpc) is 3.20. The largest absolute Gasteiger partial charge is 0.366 e. The Hall–Kier alpha value is -4.19. The number of nitrogens with two attached hydrogens (primary N) is 1. The number of hydrogen-bond acceptors (Lipinski definition) is 3. The molecule has 0 saturated carbocycles. The van der Waals surface area contributed by atoms with E-state index in [1.54, 1.807) is 35.1 Å². The van der Waals surface area contributed by atoms with Crippen LogP contribution in [-0.4, -0.2) is 21.6 Å². The number of hydrogen-bond donors (Lipinski definition) is 2. The summed E-state index contributed by atoms with van der Waals surface area (Å²) in [5.74, 6) is -0.805. The quantitative estimate of drug-likeness (QED) is 0.530. The van der Waals surface area contributed by atoms with E-state index in [9.17, 15) is 9.59 Å². The minimum Gasteiger partial charge on any atom is -0.366 e. The molecule has 0 unspecified atom stereocenters. The molecule has 2 amide bonds. The summed E-state index contributed by atoms with van der Waals surface area (Å²) in [4.78, 5) is 24.4. The monoisotopic (exact) mass is 396 g/mol. The molecule has 6 nitrogen and oxygen atoms in total. The van der Waals surface area contributed by atoms with Crippen molar-refractivity contribution in [2.45, 2.75) is 6.92 Å². The SMILES string of the molecule is Cc1ccccc1-c1nn(-c2ccccc2)cc1C(=O)Nc1ccc(C(N)=O)cc1. The minimum atomic E-state index is -0.515. The third kappa shape index (κ3) is 3.84. The van der Waals surface area contributed by atoms with Gasteiger partial charge in [0.25, 0.3) is 5.91 Å². The van der Waals surface area contributed by atoms with Gasteiger partial charge in [-0.2, -0.15) is 5.10 Å². The van der Waals surface area contributed by atoms with Gasteiger partial charge >= 0.3 is 0 Å². The van der Waals surface area contributed by atoms with Crippen molar-refractivity contribution in [2.24, 2.45) is 5.73 Å². The van der Waals surface area contributed by atoms with Crippen LogP contribution in [-0.2, 0) is 0 Å². The highest BCUT2D eigenvalue weighted by atomic mass is 16.2. The van der Waals surface area contributed by atoms with E-state index in [4.69, 9.17) is 10.8 Å². The van der Waals surface area contributed by atoms with Gasteiger partial charge in [0, 0.05) is 23.0 Å². The van der Waals surface area contributed by atoms with Gasteiger partial charge < -0.3 is 11.1 Å². The number of para-hydroxylation sites is 1. The van der Waals surface area contributed by atoms with Gasteiger partial charge in [0.15, 0.2) is 0 Å². The first kappa shape index (κ1) is 19.1. The van der Waals surface area contributed by atoms with Gasteiger partial charge in [-0.3, -0.25) is 9.59 Å². The van der Waals surface area contributed by atoms with Crippen LogP contribution in [0, 0.1) is 6.92 Å². The Bertz CT molecular complexity index is 1210. The lowest BCUT2D eigenvalue weighted by Gasteiger charge is -2.07. The summed E-state index contributed by atoms with van der Waals surface area (Å²) < 4.78 is 1.70. The minimum absolute atomic E-state index is 0.290. The first-order chi connectivity index (χ1) is 14.5. The Balaban J connectivity index is 1.73. The van der Waals surface area contributed by atoms with Gasteiger partial charge in [0.1, 0.15) is 5.69 Å². The maximum atomic E-state index is 13.1. The van der Waals surface area contributed by atoms with Gasteiger partial charge in [-0.15, -0.1) is 0 Å². The van der Waals surface area contributed by atoms with Crippen molar-refractivity contribution in [3.63, 3.8) is 0 Å². The molecule has 0 aliphatic heterocycles. The molecule has 6 heteroatoms. The molecule has 148 valence electrons. The van der Waals surface area contributed by atoms with Crippen LogP contribution in [0.1, 0.15) is 26.3 Å². The van der Waals surface area contributed by atoms with Crippen molar-refractivity contribution in [3.05, 3.63) is 102 Å². The Labute approximate surface area is 174 Å². The number of carbonyl (C=O) groups excluding carboxylic acids is 2. The third-order valence-corrected chi connectivity index (χ3v) is 4.81. The highest BCUT2D eigenvalue weighted by Gasteiger charge is 2.20. The molecule has 3 N–H and O–H groups in total. The van der Waals surface area contributed by atoms with Gasteiger partial charge in [0.2, 0.25) is 5.91 Å². The summed E-state index contributed by atoms with van der Waals surface area (Å²) in [7, 11) is 0. The molecule has 4 aromatic rings. The third-order valence-electron chi connectivity index (χ3n) is 4.81. The van der Waals surface area contributed by atoms with Crippen molar-refractivity contribution in [1.82, 2.24) is 9.78 Å². The van der Waals surface area contributed by atoms with Gasteiger partial charge in [-0.05, 0) is 48.9 Å². The molecule has 30 heavy (non-hydrogen) atoms. The molecule has 4 rings (SSSR count). The fourth-order valence-corrected chi connectivity index (χ4v) is 3.21. The van der Waals surface area contributed by atoms with Crippen LogP contribution in [0.3, 0.4) is 0 Å².